The van der Waals surface area contributed by atoms with E-state index < -0.39 is 23.7 Å². The average molecular weight is 253 g/mol. The molecule has 0 spiro atoms. The number of ether oxygens (including phenoxy) is 1. The van der Waals surface area contributed by atoms with E-state index >= 15 is 0 Å². The minimum absolute atomic E-state index is 0. The Morgan fingerprint density at radius 1 is 1.35 bits per heavy atom. The van der Waals surface area contributed by atoms with Gasteiger partial charge in [-0.05, 0) is 27.2 Å². The Balaban J connectivity index is 0. The zero-order chi connectivity index (χ0) is 12.8. The van der Waals surface area contributed by atoms with Gasteiger partial charge in [-0.25, -0.2) is 4.79 Å². The SMILES string of the molecule is CCCCC(NC(=O)OC(C)(C)C)C(=O)[O-].[Na+]. The second kappa shape index (κ2) is 8.78. The molecule has 1 atom stereocenters. The van der Waals surface area contributed by atoms with Crippen LogP contribution in [0, 0.1) is 0 Å². The van der Waals surface area contributed by atoms with Crippen molar-refractivity contribution in [1.82, 2.24) is 5.32 Å². The van der Waals surface area contributed by atoms with Gasteiger partial charge in [0.2, 0.25) is 0 Å². The zero-order valence-electron chi connectivity index (χ0n) is 11.3. The molecule has 0 saturated carbocycles. The van der Waals surface area contributed by atoms with E-state index in [4.69, 9.17) is 4.74 Å². The predicted octanol–water partition coefficient (Wildman–Crippen LogP) is -2.18. The van der Waals surface area contributed by atoms with Crippen LogP contribution < -0.4 is 40.0 Å². The Labute approximate surface area is 125 Å². The summed E-state index contributed by atoms with van der Waals surface area (Å²) in [5.74, 6) is -1.28. The molecule has 0 aromatic heterocycles. The molecule has 1 unspecified atom stereocenters. The number of carboxylic acids is 1. The van der Waals surface area contributed by atoms with Gasteiger partial charge in [-0.15, -0.1) is 0 Å². The summed E-state index contributed by atoms with van der Waals surface area (Å²) in [6.45, 7) is 7.09. The number of hydrogen-bond donors (Lipinski definition) is 1. The van der Waals surface area contributed by atoms with E-state index in [2.05, 4.69) is 5.32 Å². The Hall–Kier alpha value is -0.260. The van der Waals surface area contributed by atoms with Crippen molar-refractivity contribution >= 4 is 12.1 Å². The number of unbranched alkanes of at least 4 members (excludes halogenated alkanes) is 1. The number of carbonyl (C=O) groups is 2. The fourth-order valence-corrected chi connectivity index (χ4v) is 1.11. The molecule has 5 nitrogen and oxygen atoms in total. The number of carboxylic acid groups (broad SMARTS) is 1. The molecule has 0 aliphatic rings. The van der Waals surface area contributed by atoms with Gasteiger partial charge in [-0.1, -0.05) is 19.8 Å². The van der Waals surface area contributed by atoms with Gasteiger partial charge in [-0.2, -0.15) is 0 Å². The first-order chi connectivity index (χ1) is 7.26. The molecule has 0 rings (SSSR count). The molecule has 1 amide bonds. The Kier molecular flexibility index (Phi) is 9.85. The van der Waals surface area contributed by atoms with Gasteiger partial charge in [0.05, 0.1) is 12.0 Å². The molecule has 0 aromatic rings. The number of carbonyl (C=O) groups excluding carboxylic acids is 2. The summed E-state index contributed by atoms with van der Waals surface area (Å²) in [6.07, 6.45) is 1.21. The quantitative estimate of drug-likeness (QED) is 0.565. The maximum atomic E-state index is 11.3. The van der Waals surface area contributed by atoms with Crippen LogP contribution in [0.3, 0.4) is 0 Å². The van der Waals surface area contributed by atoms with Gasteiger partial charge in [0, 0.05) is 0 Å². The number of nitrogens with one attached hydrogen (secondary N) is 1. The minimum atomic E-state index is -1.28. The van der Waals surface area contributed by atoms with Crippen LogP contribution in [-0.2, 0) is 9.53 Å². The van der Waals surface area contributed by atoms with Crippen LogP contribution in [0.15, 0.2) is 0 Å². The second-order valence-electron chi connectivity index (χ2n) is 4.66. The van der Waals surface area contributed by atoms with Crippen molar-refractivity contribution in [3.05, 3.63) is 0 Å². The monoisotopic (exact) mass is 253 g/mol. The molecule has 94 valence electrons. The van der Waals surface area contributed by atoms with Gasteiger partial charge < -0.3 is 20.0 Å². The zero-order valence-corrected chi connectivity index (χ0v) is 13.3. The van der Waals surface area contributed by atoms with Crippen LogP contribution in [0.5, 0.6) is 0 Å². The van der Waals surface area contributed by atoms with Crippen molar-refractivity contribution in [3.63, 3.8) is 0 Å². The molecule has 0 aliphatic carbocycles. The van der Waals surface area contributed by atoms with Crippen LogP contribution in [-0.4, -0.2) is 23.7 Å². The maximum absolute atomic E-state index is 11.3. The number of alkyl carbamates (subject to hydrolysis) is 1. The predicted molar refractivity (Wildman–Crippen MR) is 57.7 cm³/mol. The topological polar surface area (TPSA) is 78.5 Å². The number of hydrogen-bond acceptors (Lipinski definition) is 4. The van der Waals surface area contributed by atoms with E-state index in [1.807, 2.05) is 6.92 Å². The summed E-state index contributed by atoms with van der Waals surface area (Å²) < 4.78 is 4.96. The van der Waals surface area contributed by atoms with Crippen molar-refractivity contribution in [3.8, 4) is 0 Å². The fourth-order valence-electron chi connectivity index (χ4n) is 1.11. The molecule has 0 aliphatic heterocycles. The van der Waals surface area contributed by atoms with Crippen molar-refractivity contribution in [2.24, 2.45) is 0 Å². The molecular weight excluding hydrogens is 233 g/mol. The van der Waals surface area contributed by atoms with Crippen LogP contribution in [0.2, 0.25) is 0 Å². The largest absolute Gasteiger partial charge is 1.00 e. The summed E-state index contributed by atoms with van der Waals surface area (Å²) in [6, 6.07) is -0.977. The molecule has 0 heterocycles. The van der Waals surface area contributed by atoms with E-state index in [9.17, 15) is 14.7 Å². The van der Waals surface area contributed by atoms with E-state index in [1.54, 1.807) is 20.8 Å². The van der Waals surface area contributed by atoms with E-state index in [0.29, 0.717) is 12.8 Å². The van der Waals surface area contributed by atoms with Gasteiger partial charge >= 0.3 is 35.7 Å². The van der Waals surface area contributed by atoms with Gasteiger partial charge in [0.15, 0.2) is 0 Å². The number of amides is 1. The third kappa shape index (κ3) is 10.6. The first-order valence-corrected chi connectivity index (χ1v) is 5.46. The smallest absolute Gasteiger partial charge is 0.548 e. The molecule has 0 fully saturated rings. The van der Waals surface area contributed by atoms with Crippen LogP contribution in [0.1, 0.15) is 47.0 Å². The Bertz CT molecular complexity index is 250. The van der Waals surface area contributed by atoms with Crippen LogP contribution in [0.25, 0.3) is 0 Å². The van der Waals surface area contributed by atoms with Crippen molar-refractivity contribution in [2.45, 2.75) is 58.6 Å². The summed E-state index contributed by atoms with van der Waals surface area (Å²) in [5, 5.41) is 13.0. The molecule has 17 heavy (non-hydrogen) atoms. The van der Waals surface area contributed by atoms with Crippen molar-refractivity contribution < 1.29 is 49.0 Å². The van der Waals surface area contributed by atoms with E-state index in [-0.39, 0.29) is 29.6 Å². The normalized spacial score (nSPS) is 12.2. The van der Waals surface area contributed by atoms with E-state index in [0.717, 1.165) is 6.42 Å². The molecule has 0 saturated heterocycles. The molecule has 1 N–H and O–H groups in total. The number of aliphatic carboxylic acids is 1. The Morgan fingerprint density at radius 3 is 2.24 bits per heavy atom. The average Bonchev–Trinajstić information content (AvgIpc) is 2.08. The molecule has 0 radical (unpaired) electrons. The molecule has 6 heteroatoms. The standard InChI is InChI=1S/C11H21NO4.Na/c1-5-6-7-8(9(13)14)12-10(15)16-11(2,3)4;/h8H,5-7H2,1-4H3,(H,12,15)(H,13,14);/q;+1/p-1. The second-order valence-corrected chi connectivity index (χ2v) is 4.66. The third-order valence-electron chi connectivity index (χ3n) is 1.82. The van der Waals surface area contributed by atoms with Crippen molar-refractivity contribution in [1.29, 1.82) is 0 Å². The molecule has 0 aromatic carbocycles. The van der Waals surface area contributed by atoms with Gasteiger partial charge in [0.25, 0.3) is 0 Å². The summed E-state index contributed by atoms with van der Waals surface area (Å²) >= 11 is 0. The summed E-state index contributed by atoms with van der Waals surface area (Å²) in [5.41, 5.74) is -0.634. The molecular formula is C11H20NNaO4. The first-order valence-electron chi connectivity index (χ1n) is 5.46. The first kappa shape index (κ1) is 19.1. The summed E-state index contributed by atoms with van der Waals surface area (Å²) in [4.78, 5) is 22.0. The van der Waals surface area contributed by atoms with Gasteiger partial charge in [-0.3, -0.25) is 0 Å². The molecule has 0 bridgehead atoms. The van der Waals surface area contributed by atoms with Crippen LogP contribution in [0.4, 0.5) is 4.79 Å². The summed E-state index contributed by atoms with van der Waals surface area (Å²) in [7, 11) is 0. The van der Waals surface area contributed by atoms with Gasteiger partial charge in [0.1, 0.15) is 5.60 Å². The number of rotatable bonds is 5. The Morgan fingerprint density at radius 2 is 1.88 bits per heavy atom. The maximum Gasteiger partial charge on any atom is 1.00 e. The van der Waals surface area contributed by atoms with E-state index in [1.165, 1.54) is 0 Å². The minimum Gasteiger partial charge on any atom is -0.548 e. The third-order valence-corrected chi connectivity index (χ3v) is 1.82. The van der Waals surface area contributed by atoms with Crippen LogP contribution >= 0.6 is 0 Å². The fraction of sp³-hybridized carbons (Fsp3) is 0.818. The van der Waals surface area contributed by atoms with Crippen molar-refractivity contribution in [2.75, 3.05) is 0 Å².